The van der Waals surface area contributed by atoms with Crippen LogP contribution < -0.4 is 10.4 Å². The summed E-state index contributed by atoms with van der Waals surface area (Å²) in [5.41, 5.74) is -0.542. The Morgan fingerprint density at radius 1 is 1.04 bits per heavy atom. The molecular formula is C21H27NO2Si. The summed E-state index contributed by atoms with van der Waals surface area (Å²) >= 11 is 0. The number of benzene rings is 2. The highest BCUT2D eigenvalue weighted by Gasteiger charge is 2.43. The zero-order chi connectivity index (χ0) is 18.5. The van der Waals surface area contributed by atoms with Gasteiger partial charge in [0.1, 0.15) is 5.60 Å². The van der Waals surface area contributed by atoms with E-state index in [1.807, 2.05) is 61.7 Å². The highest BCUT2D eigenvalue weighted by molar-refractivity contribution is 7.00. The minimum Gasteiger partial charge on any atom is -0.444 e. The number of nitrogens with zero attached hydrogens (tertiary/aromatic N) is 1. The first-order valence-corrected chi connectivity index (χ1v) is 11.0. The Kier molecular flexibility index (Phi) is 5.85. The van der Waals surface area contributed by atoms with Crippen LogP contribution in [0.5, 0.6) is 0 Å². The van der Waals surface area contributed by atoms with Crippen molar-refractivity contribution in [3.05, 3.63) is 73.3 Å². The van der Waals surface area contributed by atoms with E-state index in [0.717, 1.165) is 10.4 Å². The molecule has 0 aliphatic rings. The second-order valence-corrected chi connectivity index (χ2v) is 11.0. The molecule has 4 heteroatoms. The lowest BCUT2D eigenvalue weighted by Crippen LogP contribution is -2.70. The van der Waals surface area contributed by atoms with Crippen LogP contribution in [0.2, 0.25) is 6.55 Å². The highest BCUT2D eigenvalue weighted by atomic mass is 28.3. The SMILES string of the molecule is C=CCN(C(=O)OC(C)(C)C)[Si](C)(c1ccccc1)c1ccccc1. The summed E-state index contributed by atoms with van der Waals surface area (Å²) in [7, 11) is -2.53. The summed E-state index contributed by atoms with van der Waals surface area (Å²) in [5, 5.41) is 2.32. The molecular weight excluding hydrogens is 326 g/mol. The molecule has 0 N–H and O–H groups in total. The van der Waals surface area contributed by atoms with Gasteiger partial charge in [0.05, 0.1) is 0 Å². The van der Waals surface area contributed by atoms with E-state index in [1.54, 1.807) is 6.08 Å². The van der Waals surface area contributed by atoms with Crippen molar-refractivity contribution in [3.8, 4) is 0 Å². The molecule has 25 heavy (non-hydrogen) atoms. The number of carbonyl (C=O) groups is 1. The van der Waals surface area contributed by atoms with Gasteiger partial charge in [0.2, 0.25) is 8.24 Å². The second-order valence-electron chi connectivity index (χ2n) is 7.18. The second kappa shape index (κ2) is 7.70. The van der Waals surface area contributed by atoms with Crippen LogP contribution in [0.15, 0.2) is 73.3 Å². The largest absolute Gasteiger partial charge is 0.444 e. The lowest BCUT2D eigenvalue weighted by molar-refractivity contribution is 0.0392. The first-order valence-electron chi connectivity index (χ1n) is 8.51. The number of carbonyl (C=O) groups excluding carboxylic acids is 1. The van der Waals surface area contributed by atoms with Crippen LogP contribution in [0.25, 0.3) is 0 Å². The van der Waals surface area contributed by atoms with Crippen molar-refractivity contribution < 1.29 is 9.53 Å². The smallest absolute Gasteiger partial charge is 0.402 e. The maximum Gasteiger partial charge on any atom is 0.402 e. The number of hydrogen-bond donors (Lipinski definition) is 0. The van der Waals surface area contributed by atoms with Gasteiger partial charge in [-0.3, -0.25) is 0 Å². The van der Waals surface area contributed by atoms with E-state index in [0.29, 0.717) is 6.54 Å². The normalized spacial score (nSPS) is 11.7. The molecule has 0 saturated carbocycles. The van der Waals surface area contributed by atoms with Crippen LogP contribution in [0.3, 0.4) is 0 Å². The topological polar surface area (TPSA) is 29.5 Å². The van der Waals surface area contributed by atoms with Gasteiger partial charge in [-0.25, -0.2) is 4.79 Å². The Hall–Kier alpha value is -2.33. The van der Waals surface area contributed by atoms with E-state index in [-0.39, 0.29) is 6.09 Å². The third kappa shape index (κ3) is 4.40. The van der Waals surface area contributed by atoms with Crippen molar-refractivity contribution in [1.29, 1.82) is 0 Å². The van der Waals surface area contributed by atoms with Gasteiger partial charge in [-0.2, -0.15) is 0 Å². The molecule has 0 atom stereocenters. The van der Waals surface area contributed by atoms with Crippen molar-refractivity contribution in [2.75, 3.05) is 6.54 Å². The number of ether oxygens (including phenoxy) is 1. The molecule has 0 spiro atoms. The minimum absolute atomic E-state index is 0.297. The van der Waals surface area contributed by atoms with Crippen molar-refractivity contribution in [3.63, 3.8) is 0 Å². The van der Waals surface area contributed by atoms with Gasteiger partial charge in [-0.05, 0) is 37.7 Å². The minimum atomic E-state index is -2.53. The van der Waals surface area contributed by atoms with Crippen molar-refractivity contribution in [1.82, 2.24) is 4.57 Å². The molecule has 3 nitrogen and oxygen atoms in total. The van der Waals surface area contributed by atoms with Gasteiger partial charge < -0.3 is 9.30 Å². The third-order valence-corrected chi connectivity index (χ3v) is 8.50. The summed E-state index contributed by atoms with van der Waals surface area (Å²) in [6.45, 7) is 12.2. The average Bonchev–Trinajstić information content (AvgIpc) is 2.59. The quantitative estimate of drug-likeness (QED) is 0.604. The molecule has 0 fully saturated rings. The highest BCUT2D eigenvalue weighted by Crippen LogP contribution is 2.17. The summed E-state index contributed by atoms with van der Waals surface area (Å²) in [6.07, 6.45) is 1.47. The molecule has 2 aromatic carbocycles. The molecule has 0 radical (unpaired) electrons. The fraction of sp³-hybridized carbons (Fsp3) is 0.286. The number of hydrogen-bond acceptors (Lipinski definition) is 2. The zero-order valence-corrected chi connectivity index (χ0v) is 16.5. The standard InChI is InChI=1S/C21H27NO2Si/c1-6-17-22(20(23)24-21(2,3)4)25(5,18-13-9-7-10-14-18)19-15-11-8-12-16-19/h6-16H,1,17H2,2-5H3. The van der Waals surface area contributed by atoms with Crippen LogP contribution >= 0.6 is 0 Å². The fourth-order valence-electron chi connectivity index (χ4n) is 2.89. The van der Waals surface area contributed by atoms with Gasteiger partial charge in [-0.1, -0.05) is 66.7 Å². The Balaban J connectivity index is 2.59. The first-order chi connectivity index (χ1) is 11.8. The van der Waals surface area contributed by atoms with Crippen LogP contribution in [-0.2, 0) is 4.74 Å². The van der Waals surface area contributed by atoms with Gasteiger partial charge in [-0.15, -0.1) is 6.58 Å². The molecule has 0 aliphatic heterocycles. The summed E-state index contributed by atoms with van der Waals surface area (Å²) in [6, 6.07) is 20.5. The van der Waals surface area contributed by atoms with E-state index in [1.165, 1.54) is 0 Å². The summed E-state index contributed by atoms with van der Waals surface area (Å²) in [4.78, 5) is 13.0. The molecule has 0 heterocycles. The summed E-state index contributed by atoms with van der Waals surface area (Å²) < 4.78 is 7.59. The van der Waals surface area contributed by atoms with E-state index in [9.17, 15) is 4.79 Å². The Bertz CT molecular complexity index is 668. The maximum atomic E-state index is 13.0. The Labute approximate surface area is 152 Å². The molecule has 2 aromatic rings. The van der Waals surface area contributed by atoms with Gasteiger partial charge >= 0.3 is 6.09 Å². The zero-order valence-electron chi connectivity index (χ0n) is 15.5. The van der Waals surface area contributed by atoms with Gasteiger partial charge in [0.15, 0.2) is 0 Å². The molecule has 2 rings (SSSR count). The van der Waals surface area contributed by atoms with E-state index in [2.05, 4.69) is 37.4 Å². The predicted octanol–water partition coefficient (Wildman–Crippen LogP) is 3.80. The molecule has 0 saturated heterocycles. The predicted molar refractivity (Wildman–Crippen MR) is 107 cm³/mol. The van der Waals surface area contributed by atoms with Crippen molar-refractivity contribution in [2.24, 2.45) is 0 Å². The fourth-order valence-corrected chi connectivity index (χ4v) is 6.43. The van der Waals surface area contributed by atoms with E-state index >= 15 is 0 Å². The average molecular weight is 354 g/mol. The van der Waals surface area contributed by atoms with Crippen molar-refractivity contribution >= 4 is 24.7 Å². The molecule has 0 aromatic heterocycles. The monoisotopic (exact) mass is 353 g/mol. The first kappa shape index (κ1) is 19.0. The lowest BCUT2D eigenvalue weighted by atomic mass is 10.2. The summed E-state index contributed by atoms with van der Waals surface area (Å²) in [5.74, 6) is 0. The van der Waals surface area contributed by atoms with E-state index < -0.39 is 13.8 Å². The van der Waals surface area contributed by atoms with Crippen LogP contribution in [0, 0.1) is 0 Å². The molecule has 132 valence electrons. The lowest BCUT2D eigenvalue weighted by Gasteiger charge is -2.40. The van der Waals surface area contributed by atoms with Crippen LogP contribution in [0.4, 0.5) is 4.79 Å². The van der Waals surface area contributed by atoms with Gasteiger partial charge in [0, 0.05) is 6.54 Å². The Morgan fingerprint density at radius 2 is 1.48 bits per heavy atom. The Morgan fingerprint density at radius 3 is 1.84 bits per heavy atom. The van der Waals surface area contributed by atoms with Crippen molar-refractivity contribution in [2.45, 2.75) is 32.9 Å². The molecule has 0 bridgehead atoms. The van der Waals surface area contributed by atoms with Gasteiger partial charge in [0.25, 0.3) is 0 Å². The maximum absolute atomic E-state index is 13.0. The molecule has 0 aliphatic carbocycles. The van der Waals surface area contributed by atoms with Crippen LogP contribution in [-0.4, -0.2) is 31.0 Å². The molecule has 1 amide bonds. The number of amides is 1. The number of rotatable bonds is 5. The van der Waals surface area contributed by atoms with E-state index in [4.69, 9.17) is 4.74 Å². The molecule has 0 unspecified atom stereocenters. The third-order valence-electron chi connectivity index (χ3n) is 4.14. The van der Waals surface area contributed by atoms with Crippen LogP contribution in [0.1, 0.15) is 20.8 Å².